The fourth-order valence-corrected chi connectivity index (χ4v) is 3.29. The second-order valence-corrected chi connectivity index (χ2v) is 7.35. The average Bonchev–Trinajstić information content (AvgIpc) is 2.60. The van der Waals surface area contributed by atoms with Crippen molar-refractivity contribution in [3.63, 3.8) is 0 Å². The molecule has 0 atom stereocenters. The van der Waals surface area contributed by atoms with Crippen LogP contribution in [0.3, 0.4) is 0 Å². The molecule has 0 aliphatic rings. The Hall–Kier alpha value is -0.980. The molecule has 14 heteroatoms. The van der Waals surface area contributed by atoms with Crippen LogP contribution in [-0.4, -0.2) is 71.5 Å². The second-order valence-electron chi connectivity index (χ2n) is 3.90. The third kappa shape index (κ3) is 10.7. The first-order chi connectivity index (χ1) is 11.6. The first kappa shape index (κ1) is 23.0. The number of nitrogens with zero attached hydrogens (tertiary/aromatic N) is 4. The Morgan fingerprint density at radius 3 is 1.50 bits per heavy atom. The van der Waals surface area contributed by atoms with Gasteiger partial charge in [0, 0.05) is 36.4 Å². The number of rotatable bonds is 13. The number of halogens is 2. The van der Waals surface area contributed by atoms with E-state index < -0.39 is 12.1 Å². The van der Waals surface area contributed by atoms with Crippen LogP contribution in [0.2, 0.25) is 0 Å². The molecule has 0 spiro atoms. The molecule has 4 amide bonds. The topological polar surface area (TPSA) is 124 Å². The fraction of sp³-hybridized carbons (Fsp3) is 0.800. The average molecular weight is 421 g/mol. The summed E-state index contributed by atoms with van der Waals surface area (Å²) in [6.45, 7) is 0.742. The fourth-order valence-electron chi connectivity index (χ4n) is 1.22. The molecule has 0 fully saturated rings. The van der Waals surface area contributed by atoms with Gasteiger partial charge in [-0.2, -0.15) is 10.0 Å². The Bertz CT molecular complexity index is 374. The molecular formula is C10H18Cl2N6O4S2. The molecule has 10 nitrogen and oxygen atoms in total. The van der Waals surface area contributed by atoms with E-state index in [-0.39, 0.29) is 37.9 Å². The van der Waals surface area contributed by atoms with Crippen LogP contribution >= 0.6 is 44.8 Å². The molecule has 0 saturated heterocycles. The summed E-state index contributed by atoms with van der Waals surface area (Å²) in [7, 11) is 2.73. The van der Waals surface area contributed by atoms with Gasteiger partial charge in [0.25, 0.3) is 0 Å². The molecule has 2 N–H and O–H groups in total. The third-order valence-corrected chi connectivity index (χ3v) is 5.01. The number of carbonyl (C=O) groups excluding carboxylic acids is 2. The number of hydrogen-bond donors (Lipinski definition) is 2. The minimum atomic E-state index is -0.608. The van der Waals surface area contributed by atoms with E-state index in [0.717, 1.165) is 10.0 Å². The van der Waals surface area contributed by atoms with Crippen molar-refractivity contribution in [2.24, 2.45) is 10.6 Å². The van der Waals surface area contributed by atoms with Gasteiger partial charge in [-0.1, -0.05) is 21.6 Å². The summed E-state index contributed by atoms with van der Waals surface area (Å²) < 4.78 is 0. The number of alkyl halides is 2. The molecule has 0 saturated carbocycles. The van der Waals surface area contributed by atoms with Crippen molar-refractivity contribution in [1.29, 1.82) is 0 Å². The number of nitrogens with one attached hydrogen (secondary N) is 2. The van der Waals surface area contributed by atoms with E-state index in [9.17, 15) is 19.4 Å². The highest BCUT2D eigenvalue weighted by atomic mass is 35.5. The van der Waals surface area contributed by atoms with Crippen LogP contribution in [0, 0.1) is 9.81 Å². The van der Waals surface area contributed by atoms with Gasteiger partial charge >= 0.3 is 12.1 Å². The lowest BCUT2D eigenvalue weighted by atomic mass is 10.6. The number of urea groups is 2. The zero-order chi connectivity index (χ0) is 18.2. The van der Waals surface area contributed by atoms with E-state index in [2.05, 4.69) is 21.2 Å². The highest BCUT2D eigenvalue weighted by Crippen LogP contribution is 2.21. The quantitative estimate of drug-likeness (QED) is 0.155. The van der Waals surface area contributed by atoms with Gasteiger partial charge in [0.2, 0.25) is 0 Å². The molecule has 0 radical (unpaired) electrons. The number of nitroso groups, excluding NO2 is 2. The third-order valence-electron chi connectivity index (χ3n) is 2.26. The minimum Gasteiger partial charge on any atom is -0.335 e. The SMILES string of the molecule is O=NN(CCSSCCN(N=O)C(=O)NCCCl)C(=O)NCCCl. The molecule has 0 rings (SSSR count). The van der Waals surface area contributed by atoms with Crippen molar-refractivity contribution in [3.8, 4) is 0 Å². The number of amides is 4. The Balaban J connectivity index is 3.87. The lowest BCUT2D eigenvalue weighted by molar-refractivity contribution is 0.202. The Kier molecular flexibility index (Phi) is 14.9. The largest absolute Gasteiger partial charge is 0.340 e. The maximum absolute atomic E-state index is 11.5. The number of hydrogen-bond acceptors (Lipinski definition) is 8. The van der Waals surface area contributed by atoms with Gasteiger partial charge in [-0.05, 0) is 0 Å². The summed E-state index contributed by atoms with van der Waals surface area (Å²) in [5, 5.41) is 11.6. The molecule has 0 aromatic rings. The lowest BCUT2D eigenvalue weighted by Gasteiger charge is -2.14. The standard InChI is InChI=1S/C10H18Cl2N6O4S2/c11-1-3-13-9(19)17(15-21)5-7-23-24-8-6-18(16-22)10(20)14-4-2-12/h1-8H2,(H,13,19)(H,14,20). The van der Waals surface area contributed by atoms with Gasteiger partial charge in [-0.3, -0.25) is 0 Å². The van der Waals surface area contributed by atoms with Crippen LogP contribution < -0.4 is 10.6 Å². The smallest absolute Gasteiger partial charge is 0.335 e. The summed E-state index contributed by atoms with van der Waals surface area (Å²) in [6.07, 6.45) is 0. The van der Waals surface area contributed by atoms with Crippen LogP contribution in [0.4, 0.5) is 9.59 Å². The second kappa shape index (κ2) is 15.5. The van der Waals surface area contributed by atoms with Gasteiger partial charge in [0.15, 0.2) is 0 Å². The first-order valence-electron chi connectivity index (χ1n) is 6.74. The van der Waals surface area contributed by atoms with Crippen molar-refractivity contribution < 1.29 is 9.59 Å². The van der Waals surface area contributed by atoms with Gasteiger partial charge in [-0.15, -0.1) is 33.0 Å². The predicted molar refractivity (Wildman–Crippen MR) is 98.2 cm³/mol. The first-order valence-corrected chi connectivity index (χ1v) is 10.3. The molecule has 0 unspecified atom stereocenters. The van der Waals surface area contributed by atoms with Crippen LogP contribution in [0.25, 0.3) is 0 Å². The monoisotopic (exact) mass is 420 g/mol. The molecule has 138 valence electrons. The van der Waals surface area contributed by atoms with Crippen molar-refractivity contribution in [2.75, 3.05) is 49.4 Å². The molecule has 0 bridgehead atoms. The summed E-state index contributed by atoms with van der Waals surface area (Å²) in [6, 6.07) is -1.22. The zero-order valence-corrected chi connectivity index (χ0v) is 15.8. The van der Waals surface area contributed by atoms with Crippen molar-refractivity contribution >= 4 is 56.9 Å². The normalized spacial score (nSPS) is 9.92. The molecule has 0 heterocycles. The van der Waals surface area contributed by atoms with E-state index in [1.807, 2.05) is 0 Å². The molecular weight excluding hydrogens is 403 g/mol. The van der Waals surface area contributed by atoms with Gasteiger partial charge in [0.1, 0.15) is 0 Å². The van der Waals surface area contributed by atoms with Crippen LogP contribution in [0.5, 0.6) is 0 Å². The summed E-state index contributed by atoms with van der Waals surface area (Å²) >= 11 is 10.8. The van der Waals surface area contributed by atoms with E-state index in [0.29, 0.717) is 11.5 Å². The highest BCUT2D eigenvalue weighted by Gasteiger charge is 2.14. The molecule has 0 aromatic heterocycles. The summed E-state index contributed by atoms with van der Waals surface area (Å²) in [5.74, 6) is 1.36. The summed E-state index contributed by atoms with van der Waals surface area (Å²) in [4.78, 5) is 44.1. The van der Waals surface area contributed by atoms with Crippen molar-refractivity contribution in [1.82, 2.24) is 20.7 Å². The van der Waals surface area contributed by atoms with Crippen molar-refractivity contribution in [2.45, 2.75) is 0 Å². The van der Waals surface area contributed by atoms with Crippen LogP contribution in [-0.2, 0) is 0 Å². The van der Waals surface area contributed by atoms with Crippen LogP contribution in [0.15, 0.2) is 10.6 Å². The van der Waals surface area contributed by atoms with Gasteiger partial charge < -0.3 is 10.6 Å². The maximum atomic E-state index is 11.5. The Morgan fingerprint density at radius 1 is 0.833 bits per heavy atom. The van der Waals surface area contributed by atoms with Gasteiger partial charge in [0.05, 0.1) is 23.7 Å². The predicted octanol–water partition coefficient (Wildman–Crippen LogP) is 2.23. The van der Waals surface area contributed by atoms with E-state index in [1.165, 1.54) is 21.6 Å². The molecule has 0 aliphatic heterocycles. The molecule has 0 aliphatic carbocycles. The van der Waals surface area contributed by atoms with E-state index in [4.69, 9.17) is 23.2 Å². The summed E-state index contributed by atoms with van der Waals surface area (Å²) in [5.41, 5.74) is 0. The number of carbonyl (C=O) groups is 2. The zero-order valence-electron chi connectivity index (χ0n) is 12.7. The lowest BCUT2D eigenvalue weighted by Crippen LogP contribution is -2.38. The van der Waals surface area contributed by atoms with Gasteiger partial charge in [-0.25, -0.2) is 9.59 Å². The molecule has 0 aromatic carbocycles. The van der Waals surface area contributed by atoms with Crippen LogP contribution in [0.1, 0.15) is 0 Å². The highest BCUT2D eigenvalue weighted by molar-refractivity contribution is 8.76. The minimum absolute atomic E-state index is 0.126. The van der Waals surface area contributed by atoms with E-state index in [1.54, 1.807) is 0 Å². The molecule has 24 heavy (non-hydrogen) atoms. The Morgan fingerprint density at radius 2 is 1.21 bits per heavy atom. The Labute approximate surface area is 157 Å². The maximum Gasteiger partial charge on any atom is 0.340 e. The van der Waals surface area contributed by atoms with Crippen molar-refractivity contribution in [3.05, 3.63) is 9.81 Å². The van der Waals surface area contributed by atoms with E-state index >= 15 is 0 Å².